The van der Waals surface area contributed by atoms with Crippen molar-refractivity contribution < 1.29 is 14.3 Å². The summed E-state index contributed by atoms with van der Waals surface area (Å²) >= 11 is 0. The van der Waals surface area contributed by atoms with Gasteiger partial charge in [0.25, 0.3) is 5.91 Å². The first-order chi connectivity index (χ1) is 14.6. The highest BCUT2D eigenvalue weighted by molar-refractivity contribution is 6.06. The molecule has 0 bridgehead atoms. The van der Waals surface area contributed by atoms with Gasteiger partial charge in [-0.2, -0.15) is 5.10 Å². The SMILES string of the molecule is CCOCC(=O)NCCN(C(=O)/C=C(\C)c1[nH]nc2ncccc12)c1ccccc1. The van der Waals surface area contributed by atoms with Gasteiger partial charge in [0, 0.05) is 43.0 Å². The number of ether oxygens (including phenoxy) is 1. The molecule has 0 saturated carbocycles. The normalized spacial score (nSPS) is 11.5. The zero-order chi connectivity index (χ0) is 21.3. The van der Waals surface area contributed by atoms with Gasteiger partial charge >= 0.3 is 0 Å². The van der Waals surface area contributed by atoms with Gasteiger partial charge in [-0.15, -0.1) is 0 Å². The summed E-state index contributed by atoms with van der Waals surface area (Å²) in [6, 6.07) is 13.1. The Hall–Kier alpha value is -3.52. The van der Waals surface area contributed by atoms with E-state index < -0.39 is 0 Å². The molecule has 8 nitrogen and oxygen atoms in total. The Balaban J connectivity index is 1.76. The minimum absolute atomic E-state index is 0.00965. The van der Waals surface area contributed by atoms with E-state index in [4.69, 9.17) is 4.74 Å². The number of nitrogens with one attached hydrogen (secondary N) is 2. The molecule has 0 unspecified atom stereocenters. The summed E-state index contributed by atoms with van der Waals surface area (Å²) in [5, 5.41) is 10.8. The van der Waals surface area contributed by atoms with Crippen LogP contribution < -0.4 is 10.2 Å². The second-order valence-corrected chi connectivity index (χ2v) is 6.61. The van der Waals surface area contributed by atoms with Gasteiger partial charge in [0.15, 0.2) is 5.65 Å². The number of rotatable bonds is 9. The molecule has 0 radical (unpaired) electrons. The van der Waals surface area contributed by atoms with E-state index >= 15 is 0 Å². The number of anilines is 1. The molecule has 1 aromatic carbocycles. The summed E-state index contributed by atoms with van der Waals surface area (Å²) < 4.78 is 5.10. The molecule has 156 valence electrons. The van der Waals surface area contributed by atoms with Crippen LogP contribution in [0, 0.1) is 0 Å². The third-order valence-electron chi connectivity index (χ3n) is 4.49. The van der Waals surface area contributed by atoms with Gasteiger partial charge in [-0.1, -0.05) is 18.2 Å². The van der Waals surface area contributed by atoms with Gasteiger partial charge in [-0.25, -0.2) is 4.98 Å². The molecule has 3 rings (SSSR count). The zero-order valence-electron chi connectivity index (χ0n) is 17.1. The van der Waals surface area contributed by atoms with Crippen molar-refractivity contribution in [2.75, 3.05) is 31.2 Å². The van der Waals surface area contributed by atoms with Gasteiger partial charge < -0.3 is 15.0 Å². The maximum absolute atomic E-state index is 13.1. The molecule has 8 heteroatoms. The molecule has 2 heterocycles. The van der Waals surface area contributed by atoms with Crippen LogP contribution in [0.3, 0.4) is 0 Å². The van der Waals surface area contributed by atoms with E-state index in [1.54, 1.807) is 17.2 Å². The number of hydrogen-bond acceptors (Lipinski definition) is 5. The van der Waals surface area contributed by atoms with E-state index in [0.717, 1.165) is 22.3 Å². The number of aromatic nitrogens is 3. The predicted octanol–water partition coefficient (Wildman–Crippen LogP) is 2.55. The van der Waals surface area contributed by atoms with Crippen LogP contribution >= 0.6 is 0 Å². The number of carbonyl (C=O) groups excluding carboxylic acids is 2. The summed E-state index contributed by atoms with van der Waals surface area (Å²) in [5.41, 5.74) is 2.85. The molecule has 0 aliphatic carbocycles. The van der Waals surface area contributed by atoms with Crippen molar-refractivity contribution in [2.24, 2.45) is 0 Å². The summed E-state index contributed by atoms with van der Waals surface area (Å²) in [4.78, 5) is 30.7. The standard InChI is InChI=1S/C22H25N5O3/c1-3-30-15-19(28)23-12-13-27(17-8-5-4-6-9-17)20(29)14-16(2)21-18-10-7-11-24-22(18)26-25-21/h4-11,14H,3,12-13,15H2,1-2H3,(H,23,28)(H,24,25,26)/b16-14+. The van der Waals surface area contributed by atoms with E-state index in [-0.39, 0.29) is 18.4 Å². The molecular weight excluding hydrogens is 382 g/mol. The lowest BCUT2D eigenvalue weighted by Crippen LogP contribution is -2.39. The number of aromatic amines is 1. The van der Waals surface area contributed by atoms with Crippen LogP contribution in [0.4, 0.5) is 5.69 Å². The number of nitrogens with zero attached hydrogens (tertiary/aromatic N) is 3. The fourth-order valence-electron chi connectivity index (χ4n) is 3.01. The minimum atomic E-state index is -0.208. The van der Waals surface area contributed by atoms with Crippen molar-refractivity contribution in [3.8, 4) is 0 Å². The fraction of sp³-hybridized carbons (Fsp3) is 0.273. The van der Waals surface area contributed by atoms with Gasteiger partial charge in [-0.3, -0.25) is 14.7 Å². The molecule has 0 saturated heterocycles. The average molecular weight is 407 g/mol. The number of carbonyl (C=O) groups is 2. The van der Waals surface area contributed by atoms with E-state index in [0.29, 0.717) is 25.3 Å². The maximum atomic E-state index is 13.1. The Morgan fingerprint density at radius 2 is 2.00 bits per heavy atom. The number of pyridine rings is 1. The Morgan fingerprint density at radius 1 is 1.20 bits per heavy atom. The lowest BCUT2D eigenvalue weighted by atomic mass is 10.1. The molecule has 0 aliphatic rings. The quantitative estimate of drug-likeness (QED) is 0.531. The van der Waals surface area contributed by atoms with E-state index in [1.165, 1.54) is 0 Å². The number of allylic oxidation sites excluding steroid dienone is 1. The monoisotopic (exact) mass is 407 g/mol. The third-order valence-corrected chi connectivity index (χ3v) is 4.49. The molecular formula is C22H25N5O3. The largest absolute Gasteiger partial charge is 0.372 e. The molecule has 2 aromatic heterocycles. The maximum Gasteiger partial charge on any atom is 0.251 e. The van der Waals surface area contributed by atoms with Crippen LogP contribution in [-0.4, -0.2) is 53.3 Å². The van der Waals surface area contributed by atoms with Crippen LogP contribution in [0.15, 0.2) is 54.7 Å². The summed E-state index contributed by atoms with van der Waals surface area (Å²) in [7, 11) is 0. The van der Waals surface area contributed by atoms with E-state index in [1.807, 2.05) is 56.3 Å². The van der Waals surface area contributed by atoms with Gasteiger partial charge in [0.1, 0.15) is 6.61 Å². The number of benzene rings is 1. The summed E-state index contributed by atoms with van der Waals surface area (Å²) in [5.74, 6) is -0.398. The molecule has 2 N–H and O–H groups in total. The van der Waals surface area contributed by atoms with Crippen LogP contribution in [-0.2, 0) is 14.3 Å². The highest BCUT2D eigenvalue weighted by Gasteiger charge is 2.16. The predicted molar refractivity (Wildman–Crippen MR) is 116 cm³/mol. The number of para-hydroxylation sites is 1. The number of fused-ring (bicyclic) bond motifs is 1. The first kappa shape index (κ1) is 21.2. The van der Waals surface area contributed by atoms with E-state index in [9.17, 15) is 9.59 Å². The van der Waals surface area contributed by atoms with Crippen LogP contribution in [0.5, 0.6) is 0 Å². The molecule has 3 aromatic rings. The third kappa shape index (κ3) is 5.30. The number of amides is 2. The lowest BCUT2D eigenvalue weighted by Gasteiger charge is -2.22. The van der Waals surface area contributed by atoms with Crippen molar-refractivity contribution in [3.05, 3.63) is 60.4 Å². The topological polar surface area (TPSA) is 100 Å². The van der Waals surface area contributed by atoms with Crippen molar-refractivity contribution in [2.45, 2.75) is 13.8 Å². The first-order valence-electron chi connectivity index (χ1n) is 9.79. The average Bonchev–Trinajstić information content (AvgIpc) is 3.20. The highest BCUT2D eigenvalue weighted by atomic mass is 16.5. The molecule has 0 spiro atoms. The Kier molecular flexibility index (Phi) is 7.29. The second kappa shape index (κ2) is 10.3. The Morgan fingerprint density at radius 3 is 2.77 bits per heavy atom. The number of hydrogen-bond donors (Lipinski definition) is 2. The first-order valence-corrected chi connectivity index (χ1v) is 9.79. The fourth-order valence-corrected chi connectivity index (χ4v) is 3.01. The minimum Gasteiger partial charge on any atom is -0.372 e. The smallest absolute Gasteiger partial charge is 0.251 e. The molecule has 2 amide bonds. The van der Waals surface area contributed by atoms with Crippen molar-refractivity contribution >= 4 is 34.1 Å². The summed E-state index contributed by atoms with van der Waals surface area (Å²) in [6.07, 6.45) is 3.24. The zero-order valence-corrected chi connectivity index (χ0v) is 17.1. The van der Waals surface area contributed by atoms with Crippen LogP contribution in [0.2, 0.25) is 0 Å². The van der Waals surface area contributed by atoms with E-state index in [2.05, 4.69) is 20.5 Å². The van der Waals surface area contributed by atoms with Crippen molar-refractivity contribution in [1.29, 1.82) is 0 Å². The van der Waals surface area contributed by atoms with Crippen LogP contribution in [0.25, 0.3) is 16.6 Å². The highest BCUT2D eigenvalue weighted by Crippen LogP contribution is 2.22. The molecule has 0 aliphatic heterocycles. The van der Waals surface area contributed by atoms with Gasteiger partial charge in [0.05, 0.1) is 5.69 Å². The molecule has 0 atom stereocenters. The number of H-pyrrole nitrogens is 1. The van der Waals surface area contributed by atoms with Crippen molar-refractivity contribution in [3.63, 3.8) is 0 Å². The molecule has 0 fully saturated rings. The van der Waals surface area contributed by atoms with Gasteiger partial charge in [-0.05, 0) is 43.7 Å². The second-order valence-electron chi connectivity index (χ2n) is 6.61. The Bertz CT molecular complexity index is 1030. The molecule has 30 heavy (non-hydrogen) atoms. The lowest BCUT2D eigenvalue weighted by molar-refractivity contribution is -0.125. The Labute approximate surface area is 174 Å². The van der Waals surface area contributed by atoms with Crippen molar-refractivity contribution in [1.82, 2.24) is 20.5 Å². The summed E-state index contributed by atoms with van der Waals surface area (Å²) in [6.45, 7) is 4.81. The van der Waals surface area contributed by atoms with Crippen LogP contribution in [0.1, 0.15) is 19.5 Å². The van der Waals surface area contributed by atoms with Gasteiger partial charge in [0.2, 0.25) is 5.91 Å².